The van der Waals surface area contributed by atoms with Gasteiger partial charge in [-0.05, 0) is 30.5 Å². The van der Waals surface area contributed by atoms with E-state index in [1.807, 2.05) is 12.1 Å². The first-order valence-electron chi connectivity index (χ1n) is 7.47. The van der Waals surface area contributed by atoms with Gasteiger partial charge in [-0.3, -0.25) is 0 Å². The average Bonchev–Trinajstić information content (AvgIpc) is 3.01. The lowest BCUT2D eigenvalue weighted by atomic mass is 10.2. The SMILES string of the molecule is COc1cc(Br)c(CNCCOC2CCCC2)cc1OC. The number of methoxy groups -OCH3 is 2. The van der Waals surface area contributed by atoms with Crippen molar-refractivity contribution in [1.29, 1.82) is 0 Å². The smallest absolute Gasteiger partial charge is 0.161 e. The molecule has 0 bridgehead atoms. The van der Waals surface area contributed by atoms with Gasteiger partial charge in [-0.2, -0.15) is 0 Å². The van der Waals surface area contributed by atoms with Gasteiger partial charge in [0.05, 0.1) is 26.9 Å². The lowest BCUT2D eigenvalue weighted by molar-refractivity contribution is 0.0602. The number of halogens is 1. The summed E-state index contributed by atoms with van der Waals surface area (Å²) in [5.74, 6) is 1.48. The third-order valence-electron chi connectivity index (χ3n) is 3.80. The van der Waals surface area contributed by atoms with Crippen LogP contribution in [0.2, 0.25) is 0 Å². The lowest BCUT2D eigenvalue weighted by Gasteiger charge is -2.14. The molecule has 0 radical (unpaired) electrons. The molecule has 0 atom stereocenters. The van der Waals surface area contributed by atoms with Gasteiger partial charge in [0.1, 0.15) is 0 Å². The van der Waals surface area contributed by atoms with Crippen LogP contribution < -0.4 is 14.8 Å². The molecule has 1 aliphatic rings. The van der Waals surface area contributed by atoms with Crippen LogP contribution >= 0.6 is 15.9 Å². The van der Waals surface area contributed by atoms with Crippen LogP contribution in [0.15, 0.2) is 16.6 Å². The summed E-state index contributed by atoms with van der Waals surface area (Å²) in [4.78, 5) is 0. The molecule has 0 aliphatic heterocycles. The highest BCUT2D eigenvalue weighted by atomic mass is 79.9. The molecular formula is C16H24BrNO3. The molecule has 4 nitrogen and oxygen atoms in total. The highest BCUT2D eigenvalue weighted by Crippen LogP contribution is 2.33. The third kappa shape index (κ3) is 4.87. The largest absolute Gasteiger partial charge is 0.493 e. The maximum absolute atomic E-state index is 5.83. The summed E-state index contributed by atoms with van der Waals surface area (Å²) in [6.45, 7) is 2.40. The van der Waals surface area contributed by atoms with E-state index in [9.17, 15) is 0 Å². The maximum Gasteiger partial charge on any atom is 0.161 e. The molecule has 2 rings (SSSR count). The van der Waals surface area contributed by atoms with Gasteiger partial charge in [-0.15, -0.1) is 0 Å². The Kier molecular flexibility index (Phi) is 6.80. The molecular weight excluding hydrogens is 334 g/mol. The van der Waals surface area contributed by atoms with E-state index in [-0.39, 0.29) is 0 Å². The molecule has 0 amide bonds. The zero-order valence-corrected chi connectivity index (χ0v) is 14.4. The van der Waals surface area contributed by atoms with E-state index in [4.69, 9.17) is 14.2 Å². The Bertz CT molecular complexity index is 447. The van der Waals surface area contributed by atoms with Crippen LogP contribution in [-0.2, 0) is 11.3 Å². The number of rotatable bonds is 8. The van der Waals surface area contributed by atoms with E-state index < -0.39 is 0 Å². The van der Waals surface area contributed by atoms with E-state index in [1.165, 1.54) is 25.7 Å². The second-order valence-corrected chi connectivity index (χ2v) is 6.11. The third-order valence-corrected chi connectivity index (χ3v) is 4.54. The molecule has 5 heteroatoms. The van der Waals surface area contributed by atoms with Gasteiger partial charge < -0.3 is 19.5 Å². The van der Waals surface area contributed by atoms with E-state index in [0.717, 1.165) is 41.2 Å². The van der Waals surface area contributed by atoms with E-state index in [1.54, 1.807) is 14.2 Å². The number of hydrogen-bond acceptors (Lipinski definition) is 4. The first-order valence-corrected chi connectivity index (χ1v) is 8.26. The molecule has 0 spiro atoms. The number of hydrogen-bond donors (Lipinski definition) is 1. The summed E-state index contributed by atoms with van der Waals surface area (Å²) < 4.78 is 17.5. The van der Waals surface area contributed by atoms with Gasteiger partial charge in [-0.25, -0.2) is 0 Å². The number of nitrogens with one attached hydrogen (secondary N) is 1. The molecule has 1 fully saturated rings. The van der Waals surface area contributed by atoms with E-state index in [0.29, 0.717) is 6.10 Å². The van der Waals surface area contributed by atoms with Crippen molar-refractivity contribution in [3.8, 4) is 11.5 Å². The van der Waals surface area contributed by atoms with Gasteiger partial charge in [-0.1, -0.05) is 28.8 Å². The summed E-state index contributed by atoms with van der Waals surface area (Å²) in [5, 5.41) is 3.40. The van der Waals surface area contributed by atoms with Crippen LogP contribution in [0.4, 0.5) is 0 Å². The van der Waals surface area contributed by atoms with E-state index >= 15 is 0 Å². The normalized spacial score (nSPS) is 15.4. The first kappa shape index (κ1) is 16.6. The Hall–Kier alpha value is -0.780. The van der Waals surface area contributed by atoms with Gasteiger partial charge in [0.15, 0.2) is 11.5 Å². The van der Waals surface area contributed by atoms with Gasteiger partial charge >= 0.3 is 0 Å². The van der Waals surface area contributed by atoms with Crippen LogP contribution in [0.3, 0.4) is 0 Å². The molecule has 1 N–H and O–H groups in total. The standard InChI is InChI=1S/C16H24BrNO3/c1-19-15-9-12(14(17)10-16(15)20-2)11-18-7-8-21-13-5-3-4-6-13/h9-10,13,18H,3-8,11H2,1-2H3. The highest BCUT2D eigenvalue weighted by molar-refractivity contribution is 9.10. The van der Waals surface area contributed by atoms with Crippen LogP contribution in [0.1, 0.15) is 31.2 Å². The highest BCUT2D eigenvalue weighted by Gasteiger charge is 2.14. The molecule has 118 valence electrons. The van der Waals surface area contributed by atoms with Crippen LogP contribution in [0, 0.1) is 0 Å². The quantitative estimate of drug-likeness (QED) is 0.722. The zero-order valence-electron chi connectivity index (χ0n) is 12.8. The zero-order chi connectivity index (χ0) is 15.1. The van der Waals surface area contributed by atoms with Crippen molar-refractivity contribution >= 4 is 15.9 Å². The monoisotopic (exact) mass is 357 g/mol. The fourth-order valence-corrected chi connectivity index (χ4v) is 3.07. The minimum absolute atomic E-state index is 0.486. The van der Waals surface area contributed by atoms with Gasteiger partial charge in [0.25, 0.3) is 0 Å². The second-order valence-electron chi connectivity index (χ2n) is 5.25. The summed E-state index contributed by atoms with van der Waals surface area (Å²) in [6.07, 6.45) is 5.56. The van der Waals surface area contributed by atoms with Crippen molar-refractivity contribution in [2.45, 2.75) is 38.3 Å². The molecule has 21 heavy (non-hydrogen) atoms. The predicted molar refractivity (Wildman–Crippen MR) is 87.2 cm³/mol. The van der Waals surface area contributed by atoms with Crippen LogP contribution in [0.5, 0.6) is 11.5 Å². The first-order chi connectivity index (χ1) is 10.2. The predicted octanol–water partition coefficient (Wildman–Crippen LogP) is 3.52. The lowest BCUT2D eigenvalue weighted by Crippen LogP contribution is -2.22. The molecule has 1 saturated carbocycles. The maximum atomic E-state index is 5.83. The Morgan fingerprint density at radius 3 is 2.48 bits per heavy atom. The van der Waals surface area contributed by atoms with Crippen LogP contribution in [-0.4, -0.2) is 33.5 Å². The van der Waals surface area contributed by atoms with Crippen molar-refractivity contribution in [3.05, 3.63) is 22.2 Å². The van der Waals surface area contributed by atoms with Crippen molar-refractivity contribution in [2.24, 2.45) is 0 Å². The van der Waals surface area contributed by atoms with Crippen molar-refractivity contribution in [2.75, 3.05) is 27.4 Å². The summed E-state index contributed by atoms with van der Waals surface area (Å²) in [6, 6.07) is 3.93. The van der Waals surface area contributed by atoms with Crippen molar-refractivity contribution < 1.29 is 14.2 Å². The van der Waals surface area contributed by atoms with Gasteiger partial charge in [0.2, 0.25) is 0 Å². The molecule has 0 unspecified atom stereocenters. The van der Waals surface area contributed by atoms with Crippen molar-refractivity contribution in [1.82, 2.24) is 5.32 Å². The summed E-state index contributed by atoms with van der Waals surface area (Å²) in [5.41, 5.74) is 1.15. The fourth-order valence-electron chi connectivity index (χ4n) is 2.61. The Morgan fingerprint density at radius 1 is 1.14 bits per heavy atom. The van der Waals surface area contributed by atoms with Crippen LogP contribution in [0.25, 0.3) is 0 Å². The van der Waals surface area contributed by atoms with Gasteiger partial charge in [0, 0.05) is 17.6 Å². The Morgan fingerprint density at radius 2 is 1.81 bits per heavy atom. The number of benzene rings is 1. The molecule has 1 aromatic carbocycles. The topological polar surface area (TPSA) is 39.7 Å². The minimum atomic E-state index is 0.486. The Balaban J connectivity index is 1.76. The second kappa shape index (κ2) is 8.61. The molecule has 1 aromatic rings. The summed E-state index contributed by atoms with van der Waals surface area (Å²) in [7, 11) is 3.29. The molecule has 0 aromatic heterocycles. The molecule has 0 saturated heterocycles. The van der Waals surface area contributed by atoms with Crippen molar-refractivity contribution in [3.63, 3.8) is 0 Å². The average molecular weight is 358 g/mol. The number of ether oxygens (including phenoxy) is 3. The Labute approximate surface area is 135 Å². The molecule has 1 aliphatic carbocycles. The summed E-state index contributed by atoms with van der Waals surface area (Å²) >= 11 is 3.57. The minimum Gasteiger partial charge on any atom is -0.493 e. The molecule has 0 heterocycles. The fraction of sp³-hybridized carbons (Fsp3) is 0.625. The van der Waals surface area contributed by atoms with E-state index in [2.05, 4.69) is 21.2 Å².